The number of halogens is 1. The van der Waals surface area contributed by atoms with Crippen molar-refractivity contribution in [2.45, 2.75) is 44.9 Å². The Kier molecular flexibility index (Phi) is 4.42. The predicted molar refractivity (Wildman–Crippen MR) is 69.5 cm³/mol. The van der Waals surface area contributed by atoms with Gasteiger partial charge in [-0.3, -0.25) is 4.79 Å². The number of carbonyl (C=O) groups excluding carboxylic acids is 1. The van der Waals surface area contributed by atoms with Gasteiger partial charge in [-0.05, 0) is 18.1 Å². The van der Waals surface area contributed by atoms with Crippen LogP contribution in [0.15, 0.2) is 12.1 Å². The summed E-state index contributed by atoms with van der Waals surface area (Å²) in [4.78, 5) is 12.8. The van der Waals surface area contributed by atoms with Crippen molar-refractivity contribution in [3.8, 4) is 0 Å². The molecule has 16 heavy (non-hydrogen) atoms. The van der Waals surface area contributed by atoms with E-state index in [-0.39, 0.29) is 5.78 Å². The van der Waals surface area contributed by atoms with Gasteiger partial charge in [0.25, 0.3) is 0 Å². The van der Waals surface area contributed by atoms with Gasteiger partial charge in [0.05, 0.1) is 9.21 Å². The molecule has 0 saturated heterocycles. The molecule has 0 spiro atoms. The fourth-order valence-electron chi connectivity index (χ4n) is 2.39. The van der Waals surface area contributed by atoms with E-state index in [1.165, 1.54) is 49.9 Å². The van der Waals surface area contributed by atoms with Gasteiger partial charge in [-0.1, -0.05) is 50.1 Å². The molecule has 88 valence electrons. The van der Waals surface area contributed by atoms with Crippen molar-refractivity contribution in [3.05, 3.63) is 21.3 Å². The fourth-order valence-corrected chi connectivity index (χ4v) is 3.39. The minimum Gasteiger partial charge on any atom is -0.293 e. The molecular formula is C13H17ClOS. The molecule has 0 aliphatic heterocycles. The van der Waals surface area contributed by atoms with E-state index < -0.39 is 0 Å². The van der Waals surface area contributed by atoms with Gasteiger partial charge >= 0.3 is 0 Å². The Labute approximate surface area is 106 Å². The van der Waals surface area contributed by atoms with Crippen molar-refractivity contribution in [2.24, 2.45) is 5.92 Å². The van der Waals surface area contributed by atoms with Crippen LogP contribution in [0.4, 0.5) is 0 Å². The summed E-state index contributed by atoms with van der Waals surface area (Å²) in [6.45, 7) is 0. The lowest BCUT2D eigenvalue weighted by atomic mass is 9.94. The van der Waals surface area contributed by atoms with Crippen LogP contribution in [-0.4, -0.2) is 5.78 Å². The van der Waals surface area contributed by atoms with E-state index in [9.17, 15) is 4.79 Å². The van der Waals surface area contributed by atoms with Crippen molar-refractivity contribution in [3.63, 3.8) is 0 Å². The Morgan fingerprint density at radius 2 is 1.94 bits per heavy atom. The lowest BCUT2D eigenvalue weighted by Gasteiger charge is -2.11. The summed E-state index contributed by atoms with van der Waals surface area (Å²) < 4.78 is 0.712. The molecule has 0 aromatic carbocycles. The Hall–Kier alpha value is -0.340. The fraction of sp³-hybridized carbons (Fsp3) is 0.615. The first-order valence-electron chi connectivity index (χ1n) is 6.04. The molecule has 1 aromatic heterocycles. The Morgan fingerprint density at radius 1 is 1.25 bits per heavy atom. The minimum atomic E-state index is 0.281. The third-order valence-corrected chi connectivity index (χ3v) is 4.57. The highest BCUT2D eigenvalue weighted by atomic mass is 35.5. The highest BCUT2D eigenvalue weighted by molar-refractivity contribution is 7.18. The molecule has 2 rings (SSSR count). The molecule has 0 unspecified atom stereocenters. The van der Waals surface area contributed by atoms with Gasteiger partial charge < -0.3 is 0 Å². The van der Waals surface area contributed by atoms with Crippen molar-refractivity contribution in [1.29, 1.82) is 0 Å². The summed E-state index contributed by atoms with van der Waals surface area (Å²) in [6, 6.07) is 3.67. The van der Waals surface area contributed by atoms with Crippen LogP contribution in [0.25, 0.3) is 0 Å². The van der Waals surface area contributed by atoms with E-state index in [2.05, 4.69) is 0 Å². The van der Waals surface area contributed by atoms with Gasteiger partial charge in [0.1, 0.15) is 0 Å². The third-order valence-electron chi connectivity index (χ3n) is 3.30. The largest absolute Gasteiger partial charge is 0.293 e. The number of hydrogen-bond donors (Lipinski definition) is 0. The molecule has 1 fully saturated rings. The smallest absolute Gasteiger partial charge is 0.173 e. The van der Waals surface area contributed by atoms with E-state index in [0.717, 1.165) is 11.3 Å². The monoisotopic (exact) mass is 256 g/mol. The zero-order valence-electron chi connectivity index (χ0n) is 9.38. The van der Waals surface area contributed by atoms with Crippen LogP contribution in [-0.2, 0) is 0 Å². The summed E-state index contributed by atoms with van der Waals surface area (Å²) in [5.74, 6) is 0.889. The SMILES string of the molecule is O=C(CC1CCCCCC1)c1ccc(Cl)s1. The molecule has 0 N–H and O–H groups in total. The summed E-state index contributed by atoms with van der Waals surface area (Å²) in [6.07, 6.45) is 8.45. The van der Waals surface area contributed by atoms with Gasteiger partial charge in [0.2, 0.25) is 0 Å². The number of rotatable bonds is 3. The summed E-state index contributed by atoms with van der Waals surface area (Å²) in [5, 5.41) is 0. The van der Waals surface area contributed by atoms with Gasteiger partial charge in [0.15, 0.2) is 5.78 Å². The van der Waals surface area contributed by atoms with Gasteiger partial charge in [-0.2, -0.15) is 0 Å². The molecule has 1 nitrogen and oxygen atoms in total. The molecule has 1 saturated carbocycles. The Bertz CT molecular complexity index is 351. The number of hydrogen-bond acceptors (Lipinski definition) is 2. The lowest BCUT2D eigenvalue weighted by Crippen LogP contribution is -2.07. The van der Waals surface area contributed by atoms with Crippen molar-refractivity contribution >= 4 is 28.7 Å². The van der Waals surface area contributed by atoms with E-state index in [1.807, 2.05) is 12.1 Å². The third kappa shape index (κ3) is 3.33. The van der Waals surface area contributed by atoms with Crippen LogP contribution in [0.1, 0.15) is 54.6 Å². The van der Waals surface area contributed by atoms with Crippen LogP contribution < -0.4 is 0 Å². The van der Waals surface area contributed by atoms with Crippen LogP contribution >= 0.6 is 22.9 Å². The van der Waals surface area contributed by atoms with Crippen LogP contribution in [0.2, 0.25) is 4.34 Å². The molecule has 0 amide bonds. The highest BCUT2D eigenvalue weighted by Crippen LogP contribution is 2.29. The molecule has 3 heteroatoms. The zero-order chi connectivity index (χ0) is 11.4. The van der Waals surface area contributed by atoms with Gasteiger partial charge in [0, 0.05) is 6.42 Å². The van der Waals surface area contributed by atoms with Crippen LogP contribution in [0.5, 0.6) is 0 Å². The van der Waals surface area contributed by atoms with Crippen LogP contribution in [0, 0.1) is 5.92 Å². The van der Waals surface area contributed by atoms with E-state index in [1.54, 1.807) is 0 Å². The predicted octanol–water partition coefficient (Wildman–Crippen LogP) is 4.94. The second-order valence-corrected chi connectivity index (χ2v) is 6.30. The number of Topliss-reactive ketones (excluding diaryl/α,β-unsaturated/α-hetero) is 1. The summed E-state index contributed by atoms with van der Waals surface area (Å²) in [5.41, 5.74) is 0. The standard InChI is InChI=1S/C13H17ClOS/c14-13-8-7-12(16-13)11(15)9-10-5-3-1-2-4-6-10/h7-8,10H,1-6,9H2. The number of thiophene rings is 1. The summed E-state index contributed by atoms with van der Waals surface area (Å²) in [7, 11) is 0. The molecule has 0 bridgehead atoms. The quantitative estimate of drug-likeness (QED) is 0.553. The number of carbonyl (C=O) groups is 1. The zero-order valence-corrected chi connectivity index (χ0v) is 10.9. The van der Waals surface area contributed by atoms with Crippen LogP contribution in [0.3, 0.4) is 0 Å². The van der Waals surface area contributed by atoms with E-state index >= 15 is 0 Å². The average Bonchev–Trinajstić information content (AvgIpc) is 2.54. The number of ketones is 1. The average molecular weight is 257 g/mol. The molecular weight excluding hydrogens is 240 g/mol. The minimum absolute atomic E-state index is 0.281. The van der Waals surface area contributed by atoms with Gasteiger partial charge in [-0.25, -0.2) is 0 Å². The molecule has 1 aliphatic carbocycles. The first-order valence-corrected chi connectivity index (χ1v) is 7.23. The highest BCUT2D eigenvalue weighted by Gasteiger charge is 2.18. The molecule has 1 aromatic rings. The molecule has 1 aliphatic rings. The second-order valence-electron chi connectivity index (χ2n) is 4.59. The Balaban J connectivity index is 1.90. The molecule has 0 atom stereocenters. The Morgan fingerprint density at radius 3 is 2.50 bits per heavy atom. The molecule has 0 radical (unpaired) electrons. The maximum atomic E-state index is 12.0. The first-order chi connectivity index (χ1) is 7.75. The maximum absolute atomic E-state index is 12.0. The van der Waals surface area contributed by atoms with Crippen molar-refractivity contribution in [2.75, 3.05) is 0 Å². The second kappa shape index (κ2) is 5.83. The lowest BCUT2D eigenvalue weighted by molar-refractivity contribution is 0.0961. The molecule has 1 heterocycles. The first kappa shape index (κ1) is 12.1. The van der Waals surface area contributed by atoms with Crippen molar-refractivity contribution < 1.29 is 4.79 Å². The van der Waals surface area contributed by atoms with E-state index in [4.69, 9.17) is 11.6 Å². The van der Waals surface area contributed by atoms with Crippen molar-refractivity contribution in [1.82, 2.24) is 0 Å². The normalized spacial score (nSPS) is 18.3. The topological polar surface area (TPSA) is 17.1 Å². The van der Waals surface area contributed by atoms with Gasteiger partial charge in [-0.15, -0.1) is 11.3 Å². The summed E-state index contributed by atoms with van der Waals surface area (Å²) >= 11 is 7.25. The maximum Gasteiger partial charge on any atom is 0.173 e. The van der Waals surface area contributed by atoms with E-state index in [0.29, 0.717) is 10.3 Å².